The fourth-order valence-corrected chi connectivity index (χ4v) is 1.68. The van der Waals surface area contributed by atoms with Gasteiger partial charge in [0.1, 0.15) is 12.1 Å². The van der Waals surface area contributed by atoms with E-state index in [4.69, 9.17) is 4.74 Å². The smallest absolute Gasteiger partial charge is 0.122 e. The molecule has 0 aliphatic rings. The molecule has 1 unspecified atom stereocenters. The van der Waals surface area contributed by atoms with E-state index in [1.54, 1.807) is 19.5 Å². The number of hydrogen-bond donors (Lipinski definition) is 1. The van der Waals surface area contributed by atoms with Crippen molar-refractivity contribution in [1.82, 2.24) is 9.97 Å². The first-order valence-corrected chi connectivity index (χ1v) is 5.36. The van der Waals surface area contributed by atoms with E-state index in [-0.39, 0.29) is 0 Å². The monoisotopic (exact) mass is 230 g/mol. The Labute approximate surface area is 99.9 Å². The molecule has 1 heterocycles. The predicted molar refractivity (Wildman–Crippen MR) is 63.7 cm³/mol. The third-order valence-electron chi connectivity index (χ3n) is 2.57. The van der Waals surface area contributed by atoms with Crippen molar-refractivity contribution in [3.8, 4) is 5.75 Å². The van der Waals surface area contributed by atoms with Gasteiger partial charge in [0.15, 0.2) is 0 Å². The van der Waals surface area contributed by atoms with Crippen molar-refractivity contribution < 1.29 is 9.84 Å². The highest BCUT2D eigenvalue weighted by Crippen LogP contribution is 2.23. The molecule has 0 radical (unpaired) electrons. The van der Waals surface area contributed by atoms with E-state index < -0.39 is 6.10 Å². The number of benzene rings is 1. The van der Waals surface area contributed by atoms with Gasteiger partial charge in [-0.15, -0.1) is 0 Å². The Morgan fingerprint density at radius 1 is 1.24 bits per heavy atom. The van der Waals surface area contributed by atoms with Crippen LogP contribution in [0.15, 0.2) is 43.0 Å². The summed E-state index contributed by atoms with van der Waals surface area (Å²) in [6, 6.07) is 7.64. The van der Waals surface area contributed by atoms with Crippen LogP contribution in [0.5, 0.6) is 5.75 Å². The van der Waals surface area contributed by atoms with Gasteiger partial charge in [-0.3, -0.25) is 0 Å². The molecular weight excluding hydrogens is 216 g/mol. The van der Waals surface area contributed by atoms with Crippen LogP contribution in [-0.2, 0) is 6.42 Å². The third-order valence-corrected chi connectivity index (χ3v) is 2.57. The molecule has 4 heteroatoms. The molecule has 1 aromatic heterocycles. The fraction of sp³-hybridized carbons (Fsp3) is 0.231. The summed E-state index contributed by atoms with van der Waals surface area (Å²) < 4.78 is 5.24. The Morgan fingerprint density at radius 2 is 1.94 bits per heavy atom. The molecule has 0 bridgehead atoms. The van der Waals surface area contributed by atoms with Crippen LogP contribution in [0.2, 0.25) is 0 Å². The number of hydrogen-bond acceptors (Lipinski definition) is 4. The van der Waals surface area contributed by atoms with Crippen LogP contribution in [-0.4, -0.2) is 22.2 Å². The summed E-state index contributed by atoms with van der Waals surface area (Å²) in [4.78, 5) is 7.78. The first-order valence-electron chi connectivity index (χ1n) is 5.36. The number of para-hydroxylation sites is 1. The van der Waals surface area contributed by atoms with Crippen LogP contribution in [0, 0.1) is 0 Å². The maximum Gasteiger partial charge on any atom is 0.122 e. The normalized spacial score (nSPS) is 12.1. The number of nitrogens with zero attached hydrogens (tertiary/aromatic N) is 2. The average Bonchev–Trinajstić information content (AvgIpc) is 2.40. The molecule has 4 nitrogen and oxygen atoms in total. The first-order chi connectivity index (χ1) is 8.31. The van der Waals surface area contributed by atoms with Gasteiger partial charge in [-0.05, 0) is 11.6 Å². The van der Waals surface area contributed by atoms with E-state index in [0.29, 0.717) is 12.0 Å². The second kappa shape index (κ2) is 5.41. The van der Waals surface area contributed by atoms with Crippen molar-refractivity contribution >= 4 is 0 Å². The highest BCUT2D eigenvalue weighted by atomic mass is 16.5. The molecule has 2 aromatic rings. The summed E-state index contributed by atoms with van der Waals surface area (Å²) in [5.41, 5.74) is 1.67. The van der Waals surface area contributed by atoms with Crippen LogP contribution < -0.4 is 4.74 Å². The lowest BCUT2D eigenvalue weighted by molar-refractivity contribution is 0.176. The Morgan fingerprint density at radius 3 is 2.65 bits per heavy atom. The molecule has 0 saturated carbocycles. The zero-order valence-corrected chi connectivity index (χ0v) is 9.58. The molecule has 17 heavy (non-hydrogen) atoms. The second-order valence-electron chi connectivity index (χ2n) is 3.70. The van der Waals surface area contributed by atoms with Gasteiger partial charge in [0.2, 0.25) is 0 Å². The van der Waals surface area contributed by atoms with Crippen LogP contribution in [0.1, 0.15) is 17.2 Å². The van der Waals surface area contributed by atoms with Crippen LogP contribution in [0.3, 0.4) is 0 Å². The number of aliphatic hydroxyl groups excluding tert-OH is 1. The number of methoxy groups -OCH3 is 1. The van der Waals surface area contributed by atoms with E-state index in [0.717, 1.165) is 11.3 Å². The predicted octanol–water partition coefficient (Wildman–Crippen LogP) is 1.76. The summed E-state index contributed by atoms with van der Waals surface area (Å²) >= 11 is 0. The molecule has 0 aliphatic heterocycles. The van der Waals surface area contributed by atoms with Crippen molar-refractivity contribution in [2.75, 3.05) is 7.11 Å². The summed E-state index contributed by atoms with van der Waals surface area (Å²) in [5, 5.41) is 10.1. The largest absolute Gasteiger partial charge is 0.496 e. The SMILES string of the molecule is COc1ccccc1CC(O)c1cncnc1. The van der Waals surface area contributed by atoms with E-state index in [2.05, 4.69) is 9.97 Å². The lowest BCUT2D eigenvalue weighted by Gasteiger charge is -2.12. The van der Waals surface area contributed by atoms with Crippen molar-refractivity contribution in [2.45, 2.75) is 12.5 Å². The molecule has 2 rings (SSSR count). The standard InChI is InChI=1S/C13H14N2O2/c1-17-13-5-3-2-4-10(13)6-12(16)11-7-14-9-15-8-11/h2-5,7-9,12,16H,6H2,1H3. The maximum atomic E-state index is 10.1. The second-order valence-corrected chi connectivity index (χ2v) is 3.70. The zero-order valence-electron chi connectivity index (χ0n) is 9.58. The highest BCUT2D eigenvalue weighted by Gasteiger charge is 2.11. The summed E-state index contributed by atoms with van der Waals surface area (Å²) in [6.07, 6.45) is 4.55. The molecular formula is C13H14N2O2. The highest BCUT2D eigenvalue weighted by molar-refractivity contribution is 5.34. The first kappa shape index (κ1) is 11.5. The molecule has 0 fully saturated rings. The number of ether oxygens (including phenoxy) is 1. The summed E-state index contributed by atoms with van der Waals surface area (Å²) in [5.74, 6) is 0.781. The van der Waals surface area contributed by atoms with Crippen LogP contribution in [0.4, 0.5) is 0 Å². The van der Waals surface area contributed by atoms with Crippen molar-refractivity contribution in [1.29, 1.82) is 0 Å². The van der Waals surface area contributed by atoms with E-state index >= 15 is 0 Å². The molecule has 1 aromatic carbocycles. The minimum Gasteiger partial charge on any atom is -0.496 e. The molecule has 0 spiro atoms. The number of rotatable bonds is 4. The van der Waals surface area contributed by atoms with Crippen molar-refractivity contribution in [3.05, 3.63) is 54.1 Å². The molecule has 88 valence electrons. The lowest BCUT2D eigenvalue weighted by Crippen LogP contribution is -2.04. The quantitative estimate of drug-likeness (QED) is 0.869. The van der Waals surface area contributed by atoms with E-state index in [9.17, 15) is 5.11 Å². The topological polar surface area (TPSA) is 55.2 Å². The number of aliphatic hydroxyl groups is 1. The minimum absolute atomic E-state index is 0.484. The summed E-state index contributed by atoms with van der Waals surface area (Å²) in [7, 11) is 1.62. The Balaban J connectivity index is 2.16. The van der Waals surface area contributed by atoms with Gasteiger partial charge in [0, 0.05) is 24.4 Å². The number of aromatic nitrogens is 2. The van der Waals surface area contributed by atoms with Crippen LogP contribution >= 0.6 is 0 Å². The van der Waals surface area contributed by atoms with E-state index in [1.807, 2.05) is 24.3 Å². The molecule has 1 atom stereocenters. The third kappa shape index (κ3) is 2.79. The van der Waals surface area contributed by atoms with Gasteiger partial charge in [-0.1, -0.05) is 18.2 Å². The maximum absolute atomic E-state index is 10.1. The Kier molecular flexibility index (Phi) is 3.67. The zero-order chi connectivity index (χ0) is 12.1. The Bertz CT molecular complexity index is 474. The van der Waals surface area contributed by atoms with E-state index in [1.165, 1.54) is 6.33 Å². The summed E-state index contributed by atoms with van der Waals surface area (Å²) in [6.45, 7) is 0. The fourth-order valence-electron chi connectivity index (χ4n) is 1.68. The minimum atomic E-state index is -0.618. The van der Waals surface area contributed by atoms with Gasteiger partial charge >= 0.3 is 0 Å². The molecule has 0 saturated heterocycles. The van der Waals surface area contributed by atoms with Gasteiger partial charge in [0.25, 0.3) is 0 Å². The molecule has 0 aliphatic carbocycles. The molecule has 1 N–H and O–H groups in total. The average molecular weight is 230 g/mol. The Hall–Kier alpha value is -1.94. The van der Waals surface area contributed by atoms with Crippen molar-refractivity contribution in [3.63, 3.8) is 0 Å². The van der Waals surface area contributed by atoms with Crippen molar-refractivity contribution in [2.24, 2.45) is 0 Å². The van der Waals surface area contributed by atoms with Gasteiger partial charge in [0.05, 0.1) is 13.2 Å². The van der Waals surface area contributed by atoms with Gasteiger partial charge < -0.3 is 9.84 Å². The van der Waals surface area contributed by atoms with Crippen LogP contribution in [0.25, 0.3) is 0 Å². The lowest BCUT2D eigenvalue weighted by atomic mass is 10.0. The molecule has 0 amide bonds. The van der Waals surface area contributed by atoms with Gasteiger partial charge in [-0.2, -0.15) is 0 Å². The van der Waals surface area contributed by atoms with Gasteiger partial charge in [-0.25, -0.2) is 9.97 Å².